The van der Waals surface area contributed by atoms with Gasteiger partial charge in [-0.2, -0.15) is 31.4 Å². The molecule has 3 aromatic rings. The fourth-order valence-electron chi connectivity index (χ4n) is 2.50. The monoisotopic (exact) mass is 548 g/mol. The molecule has 206 valence electrons. The number of carbonyl (C=O) groups is 3. The Bertz CT molecular complexity index is 1130. The average molecular weight is 548 g/mol. The third-order valence-corrected chi connectivity index (χ3v) is 4.37. The van der Waals surface area contributed by atoms with Gasteiger partial charge < -0.3 is 21.3 Å². The summed E-state index contributed by atoms with van der Waals surface area (Å²) in [6.45, 7) is 0.493. The molecule has 0 radical (unpaired) electrons. The topological polar surface area (TPSA) is 158 Å². The van der Waals surface area contributed by atoms with Crippen LogP contribution in [0.4, 0.5) is 26.3 Å². The van der Waals surface area contributed by atoms with E-state index >= 15 is 0 Å². The third kappa shape index (κ3) is 12.0. The van der Waals surface area contributed by atoms with Gasteiger partial charge in [0.1, 0.15) is 0 Å². The van der Waals surface area contributed by atoms with Gasteiger partial charge >= 0.3 is 24.3 Å². The molecule has 6 N–H and O–H groups in total. The zero-order chi connectivity index (χ0) is 28.9. The van der Waals surface area contributed by atoms with Crippen LogP contribution in [0, 0.1) is 0 Å². The number of carboxylic acid groups (broad SMARTS) is 2. The number of rotatable bonds is 6. The maximum absolute atomic E-state index is 12.1. The number of benzene rings is 2. The van der Waals surface area contributed by atoms with E-state index in [1.165, 1.54) is 0 Å². The number of carboxylic acids is 2. The van der Waals surface area contributed by atoms with Gasteiger partial charge in [-0.1, -0.05) is 54.6 Å². The molecule has 0 saturated carbocycles. The first-order chi connectivity index (χ1) is 17.6. The summed E-state index contributed by atoms with van der Waals surface area (Å²) in [6, 6.07) is 17.2. The number of aromatic nitrogens is 2. The highest BCUT2D eigenvalue weighted by Crippen LogP contribution is 2.18. The summed E-state index contributed by atoms with van der Waals surface area (Å²) >= 11 is 0. The van der Waals surface area contributed by atoms with Crippen LogP contribution in [0.5, 0.6) is 0 Å². The largest absolute Gasteiger partial charge is 0.490 e. The van der Waals surface area contributed by atoms with Gasteiger partial charge in [0.05, 0.1) is 12.2 Å². The van der Waals surface area contributed by atoms with Crippen LogP contribution in [0.25, 0.3) is 11.1 Å². The minimum absolute atomic E-state index is 0.141. The number of nitrogens with zero attached hydrogens (tertiary/aromatic N) is 1. The molecule has 0 saturated heterocycles. The van der Waals surface area contributed by atoms with E-state index in [2.05, 4.69) is 15.5 Å². The van der Waals surface area contributed by atoms with Gasteiger partial charge in [-0.25, -0.2) is 9.59 Å². The molecule has 0 aliphatic carbocycles. The highest BCUT2D eigenvalue weighted by atomic mass is 19.4. The molecule has 0 spiro atoms. The maximum Gasteiger partial charge on any atom is 0.490 e. The first kappa shape index (κ1) is 31.6. The average Bonchev–Trinajstić information content (AvgIpc) is 3.38. The first-order valence-corrected chi connectivity index (χ1v) is 10.4. The SMILES string of the molecule is N[C@H](Cc1ccc(-c2cn[nH]c2)cc1)C(=O)NCc1ccccc1.O=C(O)C(F)(F)F.O=C(O)C(F)(F)F. The Morgan fingerprint density at radius 1 is 0.842 bits per heavy atom. The molecule has 1 heterocycles. The lowest BCUT2D eigenvalue weighted by Crippen LogP contribution is -2.41. The van der Waals surface area contributed by atoms with Crippen molar-refractivity contribution in [3.8, 4) is 11.1 Å². The molecule has 2 aromatic carbocycles. The highest BCUT2D eigenvalue weighted by Gasteiger charge is 2.38. The second-order valence-corrected chi connectivity index (χ2v) is 7.30. The standard InChI is InChI=1S/C19H20N4O.2C2HF3O2/c20-18(19(24)21-11-15-4-2-1-3-5-15)10-14-6-8-16(9-7-14)17-12-22-23-13-17;2*3-2(4,5)1(6)7/h1-9,12-13,18H,10-11,20H2,(H,21,24)(H,22,23);2*(H,6,7)/t18-;;/m1../s1. The summed E-state index contributed by atoms with van der Waals surface area (Å²) in [5.74, 6) is -5.65. The molecule has 1 amide bonds. The van der Waals surface area contributed by atoms with E-state index in [4.69, 9.17) is 25.5 Å². The number of carbonyl (C=O) groups excluding carboxylic acids is 1. The van der Waals surface area contributed by atoms with Crippen LogP contribution in [-0.2, 0) is 27.3 Å². The minimum Gasteiger partial charge on any atom is -0.475 e. The number of aliphatic carboxylic acids is 2. The zero-order valence-corrected chi connectivity index (χ0v) is 19.3. The first-order valence-electron chi connectivity index (χ1n) is 10.4. The molecule has 0 unspecified atom stereocenters. The Kier molecular flexibility index (Phi) is 12.0. The van der Waals surface area contributed by atoms with Gasteiger partial charge in [0.2, 0.25) is 5.91 Å². The molecular formula is C23H22F6N4O5. The van der Waals surface area contributed by atoms with E-state index in [1.807, 2.05) is 60.8 Å². The Balaban J connectivity index is 0.000000426. The molecule has 9 nitrogen and oxygen atoms in total. The fraction of sp³-hybridized carbons (Fsp3) is 0.217. The number of H-pyrrole nitrogens is 1. The number of aromatic amines is 1. The quantitative estimate of drug-likeness (QED) is 0.295. The van der Waals surface area contributed by atoms with Crippen LogP contribution in [0.1, 0.15) is 11.1 Å². The van der Waals surface area contributed by atoms with Crippen molar-refractivity contribution in [2.75, 3.05) is 0 Å². The highest BCUT2D eigenvalue weighted by molar-refractivity contribution is 5.81. The Morgan fingerprint density at radius 2 is 1.34 bits per heavy atom. The maximum atomic E-state index is 12.1. The molecule has 0 aliphatic heterocycles. The lowest BCUT2D eigenvalue weighted by Gasteiger charge is -2.13. The lowest BCUT2D eigenvalue weighted by atomic mass is 10.0. The summed E-state index contributed by atoms with van der Waals surface area (Å²) in [7, 11) is 0. The van der Waals surface area contributed by atoms with Crippen LogP contribution in [0.3, 0.4) is 0 Å². The van der Waals surface area contributed by atoms with Crippen LogP contribution >= 0.6 is 0 Å². The second kappa shape index (κ2) is 14.4. The van der Waals surface area contributed by atoms with Crippen molar-refractivity contribution in [1.82, 2.24) is 15.5 Å². The lowest BCUT2D eigenvalue weighted by molar-refractivity contribution is -0.193. The van der Waals surface area contributed by atoms with Crippen LogP contribution < -0.4 is 11.1 Å². The molecule has 38 heavy (non-hydrogen) atoms. The number of nitrogens with one attached hydrogen (secondary N) is 2. The van der Waals surface area contributed by atoms with Crippen molar-refractivity contribution in [1.29, 1.82) is 0 Å². The molecule has 0 aliphatic rings. The molecule has 15 heteroatoms. The number of alkyl halides is 6. The number of hydrogen-bond acceptors (Lipinski definition) is 5. The van der Waals surface area contributed by atoms with Crippen molar-refractivity contribution in [2.45, 2.75) is 31.4 Å². The van der Waals surface area contributed by atoms with E-state index in [9.17, 15) is 31.1 Å². The predicted molar refractivity (Wildman–Crippen MR) is 121 cm³/mol. The Labute approximate surface area is 211 Å². The number of hydrogen-bond donors (Lipinski definition) is 5. The summed E-state index contributed by atoms with van der Waals surface area (Å²) in [6.07, 6.45) is -6.04. The molecule has 1 atom stereocenters. The van der Waals surface area contributed by atoms with Gasteiger partial charge in [-0.15, -0.1) is 0 Å². The van der Waals surface area contributed by atoms with Gasteiger partial charge in [0.15, 0.2) is 0 Å². The van der Waals surface area contributed by atoms with E-state index in [-0.39, 0.29) is 5.91 Å². The van der Waals surface area contributed by atoms with Gasteiger partial charge in [-0.05, 0) is 23.1 Å². The van der Waals surface area contributed by atoms with Crippen molar-refractivity contribution < 1.29 is 50.9 Å². The summed E-state index contributed by atoms with van der Waals surface area (Å²) in [4.78, 5) is 29.9. The Morgan fingerprint density at radius 3 is 1.76 bits per heavy atom. The fourth-order valence-corrected chi connectivity index (χ4v) is 2.50. The van der Waals surface area contributed by atoms with Crippen molar-refractivity contribution >= 4 is 17.8 Å². The number of nitrogens with two attached hydrogens (primary N) is 1. The minimum atomic E-state index is -5.08. The van der Waals surface area contributed by atoms with Gasteiger partial charge in [0.25, 0.3) is 0 Å². The van der Waals surface area contributed by atoms with E-state index in [0.29, 0.717) is 13.0 Å². The van der Waals surface area contributed by atoms with Crippen LogP contribution in [0.2, 0.25) is 0 Å². The summed E-state index contributed by atoms with van der Waals surface area (Å²) in [5.41, 5.74) is 10.2. The van der Waals surface area contributed by atoms with Crippen LogP contribution in [-0.4, -0.2) is 56.7 Å². The van der Waals surface area contributed by atoms with Gasteiger partial charge in [0, 0.05) is 18.3 Å². The molecule has 1 aromatic heterocycles. The van der Waals surface area contributed by atoms with Gasteiger partial charge in [-0.3, -0.25) is 9.89 Å². The van der Waals surface area contributed by atoms with E-state index < -0.39 is 30.3 Å². The second-order valence-electron chi connectivity index (χ2n) is 7.30. The predicted octanol–water partition coefficient (Wildman–Crippen LogP) is 3.53. The zero-order valence-electron chi connectivity index (χ0n) is 19.3. The molecule has 0 fully saturated rings. The normalized spacial score (nSPS) is 11.7. The van der Waals surface area contributed by atoms with Crippen molar-refractivity contribution in [2.24, 2.45) is 5.73 Å². The summed E-state index contributed by atoms with van der Waals surface area (Å²) in [5, 5.41) is 23.9. The molecule has 3 rings (SSSR count). The smallest absolute Gasteiger partial charge is 0.475 e. The van der Waals surface area contributed by atoms with E-state index in [1.54, 1.807) is 6.20 Å². The molecule has 0 bridgehead atoms. The third-order valence-electron chi connectivity index (χ3n) is 4.37. The van der Waals surface area contributed by atoms with E-state index in [0.717, 1.165) is 22.3 Å². The molecular weight excluding hydrogens is 526 g/mol. The number of halogens is 6. The number of amides is 1. The Hall–Kier alpha value is -4.40. The van der Waals surface area contributed by atoms with Crippen molar-refractivity contribution in [3.05, 3.63) is 78.1 Å². The van der Waals surface area contributed by atoms with Crippen molar-refractivity contribution in [3.63, 3.8) is 0 Å². The summed E-state index contributed by atoms with van der Waals surface area (Å²) < 4.78 is 63.5. The van der Waals surface area contributed by atoms with Crippen LogP contribution in [0.15, 0.2) is 67.0 Å².